The Labute approximate surface area is 158 Å². The third-order valence-corrected chi connectivity index (χ3v) is 4.75. The van der Waals surface area contributed by atoms with E-state index in [1.165, 1.54) is 19.9 Å². The van der Waals surface area contributed by atoms with Crippen LogP contribution in [-0.2, 0) is 11.2 Å². The summed E-state index contributed by atoms with van der Waals surface area (Å²) in [6.45, 7) is 2.97. The minimum Gasteiger partial charge on any atom is -0.491 e. The van der Waals surface area contributed by atoms with Gasteiger partial charge < -0.3 is 14.4 Å². The molecule has 148 valence electrons. The molecule has 0 radical (unpaired) electrons. The number of aromatic nitrogens is 1. The lowest BCUT2D eigenvalue weighted by Gasteiger charge is -2.17. The number of carboxylic acids is 1. The summed E-state index contributed by atoms with van der Waals surface area (Å²) >= 11 is 0. The Kier molecular flexibility index (Phi) is 5.06. The van der Waals surface area contributed by atoms with Gasteiger partial charge in [0.15, 0.2) is 17.4 Å². The van der Waals surface area contributed by atoms with Gasteiger partial charge in [0.2, 0.25) is 6.30 Å². The van der Waals surface area contributed by atoms with Crippen LogP contribution in [0.2, 0.25) is 0 Å². The number of aryl methyl sites for hydroxylation is 1. The minimum absolute atomic E-state index is 0.0760. The molecule has 1 N–H and O–H groups in total. The van der Waals surface area contributed by atoms with Gasteiger partial charge in [-0.25, -0.2) is 17.6 Å². The predicted octanol–water partition coefficient (Wildman–Crippen LogP) is 4.83. The zero-order valence-electron chi connectivity index (χ0n) is 15.3. The van der Waals surface area contributed by atoms with Gasteiger partial charge in [0, 0.05) is 16.6 Å². The van der Waals surface area contributed by atoms with E-state index in [1.807, 2.05) is 0 Å². The van der Waals surface area contributed by atoms with E-state index in [0.29, 0.717) is 10.9 Å². The molecule has 28 heavy (non-hydrogen) atoms. The molecule has 3 rings (SSSR count). The summed E-state index contributed by atoms with van der Waals surface area (Å²) in [5.74, 6) is -4.70. The second-order valence-corrected chi connectivity index (χ2v) is 6.44. The van der Waals surface area contributed by atoms with Gasteiger partial charge in [0.25, 0.3) is 0 Å². The molecule has 4 nitrogen and oxygen atoms in total. The Hall–Kier alpha value is -3.03. The van der Waals surface area contributed by atoms with Crippen molar-refractivity contribution in [1.82, 2.24) is 4.57 Å². The molecular weight excluding hydrogens is 378 g/mol. The highest BCUT2D eigenvalue weighted by Gasteiger charge is 2.27. The second-order valence-electron chi connectivity index (χ2n) is 6.44. The first-order valence-corrected chi connectivity index (χ1v) is 8.34. The third-order valence-electron chi connectivity index (χ3n) is 4.75. The lowest BCUT2D eigenvalue weighted by atomic mass is 10.1. The first-order valence-electron chi connectivity index (χ1n) is 8.34. The van der Waals surface area contributed by atoms with Crippen LogP contribution in [0.15, 0.2) is 24.3 Å². The molecule has 2 aromatic carbocycles. The van der Waals surface area contributed by atoms with E-state index in [2.05, 4.69) is 4.74 Å². The summed E-state index contributed by atoms with van der Waals surface area (Å²) in [7, 11) is 1.05. The van der Waals surface area contributed by atoms with Crippen molar-refractivity contribution in [2.24, 2.45) is 0 Å². The summed E-state index contributed by atoms with van der Waals surface area (Å²) in [5.41, 5.74) is 0.329. The lowest BCUT2D eigenvalue weighted by molar-refractivity contribution is -0.136. The number of alkyl halides is 1. The van der Waals surface area contributed by atoms with Gasteiger partial charge in [-0.05, 0) is 49.2 Å². The van der Waals surface area contributed by atoms with E-state index in [9.17, 15) is 23.1 Å². The second kappa shape index (κ2) is 7.18. The monoisotopic (exact) mass is 395 g/mol. The van der Waals surface area contributed by atoms with Gasteiger partial charge in [-0.1, -0.05) is 0 Å². The molecule has 1 heterocycles. The number of carboxylic acid groups (broad SMARTS) is 1. The fraction of sp³-hybridized carbons (Fsp3) is 0.250. The number of nitrogens with zero attached hydrogens (tertiary/aromatic N) is 1. The normalized spacial score (nSPS) is 12.4. The van der Waals surface area contributed by atoms with Gasteiger partial charge in [-0.3, -0.25) is 4.79 Å². The number of rotatable bonds is 5. The summed E-state index contributed by atoms with van der Waals surface area (Å²) in [5, 5.41) is 9.54. The number of carbonyl (C=O) groups is 1. The Balaban J connectivity index is 2.30. The fourth-order valence-electron chi connectivity index (χ4n) is 3.36. The fourth-order valence-corrected chi connectivity index (χ4v) is 3.36. The number of methoxy groups -OCH3 is 1. The number of hydrogen-bond donors (Lipinski definition) is 1. The highest BCUT2D eigenvalue weighted by atomic mass is 19.2. The maximum Gasteiger partial charge on any atom is 0.307 e. The maximum absolute atomic E-state index is 15.4. The smallest absolute Gasteiger partial charge is 0.307 e. The van der Waals surface area contributed by atoms with Crippen LogP contribution in [-0.4, -0.2) is 22.8 Å². The predicted molar refractivity (Wildman–Crippen MR) is 94.9 cm³/mol. The van der Waals surface area contributed by atoms with Gasteiger partial charge >= 0.3 is 5.97 Å². The van der Waals surface area contributed by atoms with Crippen LogP contribution in [0, 0.1) is 31.3 Å². The van der Waals surface area contributed by atoms with E-state index in [1.54, 1.807) is 0 Å². The number of benzene rings is 2. The van der Waals surface area contributed by atoms with Crippen molar-refractivity contribution in [2.45, 2.75) is 26.6 Å². The van der Waals surface area contributed by atoms with Crippen molar-refractivity contribution in [1.29, 1.82) is 0 Å². The van der Waals surface area contributed by atoms with Crippen LogP contribution in [0.3, 0.4) is 0 Å². The molecule has 1 unspecified atom stereocenters. The van der Waals surface area contributed by atoms with Gasteiger partial charge in [0.1, 0.15) is 5.82 Å². The number of fused-ring (bicyclic) bond motifs is 1. The molecule has 1 atom stereocenters. The topological polar surface area (TPSA) is 51.5 Å². The van der Waals surface area contributed by atoms with Crippen LogP contribution >= 0.6 is 0 Å². The van der Waals surface area contributed by atoms with Gasteiger partial charge in [0.05, 0.1) is 19.0 Å². The van der Waals surface area contributed by atoms with Crippen molar-refractivity contribution in [3.05, 3.63) is 64.1 Å². The molecule has 0 aliphatic heterocycles. The summed E-state index contributed by atoms with van der Waals surface area (Å²) < 4.78 is 63.5. The van der Waals surface area contributed by atoms with Crippen molar-refractivity contribution in [3.8, 4) is 5.75 Å². The SMILES string of the molecule is COc1c(F)ccc(C(F)n2c(C)c(CC(=O)O)c3cc(C)c(F)cc32)c1F. The van der Waals surface area contributed by atoms with Crippen LogP contribution < -0.4 is 4.74 Å². The zero-order chi connectivity index (χ0) is 20.7. The molecule has 0 aliphatic carbocycles. The highest BCUT2D eigenvalue weighted by Crippen LogP contribution is 2.37. The first-order chi connectivity index (χ1) is 13.2. The van der Waals surface area contributed by atoms with E-state index < -0.39 is 47.5 Å². The molecule has 3 aromatic rings. The average molecular weight is 395 g/mol. The van der Waals surface area contributed by atoms with Gasteiger partial charge in [-0.2, -0.15) is 0 Å². The minimum atomic E-state index is -2.15. The molecule has 1 aromatic heterocycles. The Morgan fingerprint density at radius 3 is 2.46 bits per heavy atom. The Morgan fingerprint density at radius 1 is 1.18 bits per heavy atom. The standard InChI is InChI=1S/C20H17F4NO3/c1-9-6-13-12(7-17(26)27)10(2)25(16(13)8-15(9)22)20(24)11-4-5-14(21)19(28-3)18(11)23/h4-6,8,20H,7H2,1-3H3,(H,26,27). The van der Waals surface area contributed by atoms with E-state index >= 15 is 4.39 Å². The number of aliphatic carboxylic acids is 1. The number of hydrogen-bond acceptors (Lipinski definition) is 2. The van der Waals surface area contributed by atoms with Crippen molar-refractivity contribution >= 4 is 16.9 Å². The molecule has 0 saturated heterocycles. The number of ether oxygens (including phenoxy) is 1. The van der Waals surface area contributed by atoms with Crippen molar-refractivity contribution in [2.75, 3.05) is 7.11 Å². The molecule has 0 saturated carbocycles. The van der Waals surface area contributed by atoms with Crippen LogP contribution in [0.4, 0.5) is 17.6 Å². The largest absolute Gasteiger partial charge is 0.491 e. The summed E-state index contributed by atoms with van der Waals surface area (Å²) in [6.07, 6.45) is -2.57. The Bertz CT molecular complexity index is 1090. The van der Waals surface area contributed by atoms with Crippen LogP contribution in [0.25, 0.3) is 10.9 Å². The molecule has 0 spiro atoms. The van der Waals surface area contributed by atoms with E-state index in [4.69, 9.17) is 0 Å². The average Bonchev–Trinajstić information content (AvgIpc) is 2.86. The van der Waals surface area contributed by atoms with Crippen LogP contribution in [0.5, 0.6) is 5.75 Å². The third kappa shape index (κ3) is 3.08. The van der Waals surface area contributed by atoms with E-state index in [-0.39, 0.29) is 16.8 Å². The highest BCUT2D eigenvalue weighted by molar-refractivity contribution is 5.90. The van der Waals surface area contributed by atoms with Crippen molar-refractivity contribution in [3.63, 3.8) is 0 Å². The number of halogens is 4. The molecular formula is C20H17F4NO3. The van der Waals surface area contributed by atoms with Crippen LogP contribution in [0.1, 0.15) is 28.7 Å². The molecule has 8 heteroatoms. The first kappa shape index (κ1) is 19.7. The van der Waals surface area contributed by atoms with Crippen molar-refractivity contribution < 1.29 is 32.2 Å². The molecule has 0 amide bonds. The summed E-state index contributed by atoms with van der Waals surface area (Å²) in [4.78, 5) is 11.2. The van der Waals surface area contributed by atoms with E-state index in [0.717, 1.165) is 29.9 Å². The van der Waals surface area contributed by atoms with Gasteiger partial charge in [-0.15, -0.1) is 0 Å². The maximum atomic E-state index is 15.4. The molecule has 0 aliphatic rings. The zero-order valence-corrected chi connectivity index (χ0v) is 15.3. The molecule has 0 fully saturated rings. The lowest BCUT2D eigenvalue weighted by Crippen LogP contribution is -2.11. The quantitative estimate of drug-likeness (QED) is 0.630. The Morgan fingerprint density at radius 2 is 1.86 bits per heavy atom. The summed E-state index contributed by atoms with van der Waals surface area (Å²) in [6, 6.07) is 4.31. The molecule has 0 bridgehead atoms.